The van der Waals surface area contributed by atoms with E-state index in [0.717, 1.165) is 22.6 Å². The number of rotatable bonds is 8. The van der Waals surface area contributed by atoms with Crippen LogP contribution in [0.5, 0.6) is 5.75 Å². The van der Waals surface area contributed by atoms with Crippen molar-refractivity contribution >= 4 is 11.6 Å². The number of carbonyl (C=O) groups excluding carboxylic acids is 1. The highest BCUT2D eigenvalue weighted by Crippen LogP contribution is 2.16. The molecule has 0 aliphatic heterocycles. The quantitative estimate of drug-likeness (QED) is 0.735. The molecule has 23 heavy (non-hydrogen) atoms. The number of carbonyl (C=O) groups is 1. The molecule has 0 fully saturated rings. The van der Waals surface area contributed by atoms with Gasteiger partial charge in [0.25, 0.3) is 0 Å². The molecular formula is C19H22N2O2. The van der Waals surface area contributed by atoms with Crippen molar-refractivity contribution in [3.63, 3.8) is 0 Å². The first-order valence-electron chi connectivity index (χ1n) is 7.55. The standard InChI is InChI=1S/C19H22N2O2/c1-15(2)14-23-18-10-8-17(9-11-18)21-19(22)13-20-12-16-6-4-3-5-7-16/h3-11,20H,1,12-14H2,2H3,(H,21,22). The smallest absolute Gasteiger partial charge is 0.238 e. The predicted octanol–water partition coefficient (Wildman–Crippen LogP) is 3.37. The van der Waals surface area contributed by atoms with Crippen molar-refractivity contribution in [1.29, 1.82) is 0 Å². The summed E-state index contributed by atoms with van der Waals surface area (Å²) in [6.07, 6.45) is 0. The Bertz CT molecular complexity index is 636. The van der Waals surface area contributed by atoms with Gasteiger partial charge >= 0.3 is 0 Å². The van der Waals surface area contributed by atoms with Crippen LogP contribution in [0.3, 0.4) is 0 Å². The maximum absolute atomic E-state index is 11.9. The maximum Gasteiger partial charge on any atom is 0.238 e. The molecule has 0 heterocycles. The Kier molecular flexibility index (Phi) is 6.39. The summed E-state index contributed by atoms with van der Waals surface area (Å²) in [5.74, 6) is 0.685. The molecule has 4 nitrogen and oxygen atoms in total. The van der Waals surface area contributed by atoms with E-state index >= 15 is 0 Å². The monoisotopic (exact) mass is 310 g/mol. The Morgan fingerprint density at radius 2 is 1.78 bits per heavy atom. The fourth-order valence-corrected chi connectivity index (χ4v) is 1.96. The lowest BCUT2D eigenvalue weighted by atomic mass is 10.2. The SMILES string of the molecule is C=C(C)COc1ccc(NC(=O)CNCc2ccccc2)cc1. The second-order valence-electron chi connectivity index (χ2n) is 5.41. The van der Waals surface area contributed by atoms with E-state index in [1.165, 1.54) is 0 Å². The first-order chi connectivity index (χ1) is 11.1. The van der Waals surface area contributed by atoms with Gasteiger partial charge in [0.1, 0.15) is 12.4 Å². The van der Waals surface area contributed by atoms with E-state index in [4.69, 9.17) is 4.74 Å². The van der Waals surface area contributed by atoms with E-state index in [2.05, 4.69) is 17.2 Å². The van der Waals surface area contributed by atoms with Gasteiger partial charge in [0, 0.05) is 12.2 Å². The van der Waals surface area contributed by atoms with Crippen LogP contribution in [0.2, 0.25) is 0 Å². The van der Waals surface area contributed by atoms with Crippen LogP contribution in [0.25, 0.3) is 0 Å². The average Bonchev–Trinajstić information content (AvgIpc) is 2.55. The van der Waals surface area contributed by atoms with Crippen LogP contribution in [-0.2, 0) is 11.3 Å². The molecule has 0 saturated carbocycles. The van der Waals surface area contributed by atoms with Crippen LogP contribution in [0.15, 0.2) is 66.7 Å². The van der Waals surface area contributed by atoms with Gasteiger partial charge in [0.05, 0.1) is 6.54 Å². The maximum atomic E-state index is 11.9. The van der Waals surface area contributed by atoms with Gasteiger partial charge in [-0.05, 0) is 42.3 Å². The van der Waals surface area contributed by atoms with Crippen LogP contribution in [0.4, 0.5) is 5.69 Å². The summed E-state index contributed by atoms with van der Waals surface area (Å²) in [6.45, 7) is 7.13. The second kappa shape index (κ2) is 8.76. The Hall–Kier alpha value is -2.59. The molecule has 0 radical (unpaired) electrons. The first-order valence-corrected chi connectivity index (χ1v) is 7.55. The van der Waals surface area contributed by atoms with Gasteiger partial charge in [0.2, 0.25) is 5.91 Å². The minimum absolute atomic E-state index is 0.0727. The third-order valence-corrected chi connectivity index (χ3v) is 3.08. The molecule has 0 aliphatic rings. The number of hydrogen-bond donors (Lipinski definition) is 2. The lowest BCUT2D eigenvalue weighted by molar-refractivity contribution is -0.115. The zero-order valence-electron chi connectivity index (χ0n) is 13.3. The van der Waals surface area contributed by atoms with Crippen LogP contribution in [-0.4, -0.2) is 19.1 Å². The van der Waals surface area contributed by atoms with E-state index in [1.54, 1.807) is 0 Å². The summed E-state index contributed by atoms with van der Waals surface area (Å²) >= 11 is 0. The Morgan fingerprint density at radius 1 is 1.09 bits per heavy atom. The molecule has 0 aromatic heterocycles. The summed E-state index contributed by atoms with van der Waals surface area (Å²) in [5.41, 5.74) is 2.87. The zero-order valence-corrected chi connectivity index (χ0v) is 13.3. The van der Waals surface area contributed by atoms with E-state index in [-0.39, 0.29) is 12.5 Å². The summed E-state index contributed by atoms with van der Waals surface area (Å²) in [4.78, 5) is 11.9. The molecule has 0 atom stereocenters. The van der Waals surface area contributed by atoms with E-state index < -0.39 is 0 Å². The third kappa shape index (κ3) is 6.36. The van der Waals surface area contributed by atoms with Crippen molar-refractivity contribution in [2.75, 3.05) is 18.5 Å². The predicted molar refractivity (Wildman–Crippen MR) is 93.5 cm³/mol. The first kappa shape index (κ1) is 16.8. The molecule has 0 bridgehead atoms. The van der Waals surface area contributed by atoms with Crippen LogP contribution in [0, 0.1) is 0 Å². The van der Waals surface area contributed by atoms with Crippen molar-refractivity contribution in [1.82, 2.24) is 5.32 Å². The van der Waals surface area contributed by atoms with Crippen molar-refractivity contribution in [3.05, 3.63) is 72.3 Å². The van der Waals surface area contributed by atoms with Gasteiger partial charge in [-0.15, -0.1) is 0 Å². The number of hydrogen-bond acceptors (Lipinski definition) is 3. The largest absolute Gasteiger partial charge is 0.489 e. The molecule has 120 valence electrons. The van der Waals surface area contributed by atoms with Gasteiger partial charge in [-0.25, -0.2) is 0 Å². The van der Waals surface area contributed by atoms with Gasteiger partial charge < -0.3 is 15.4 Å². The fourth-order valence-electron chi connectivity index (χ4n) is 1.96. The summed E-state index contributed by atoms with van der Waals surface area (Å²) in [7, 11) is 0. The molecule has 0 aliphatic carbocycles. The normalized spacial score (nSPS) is 10.1. The highest BCUT2D eigenvalue weighted by Gasteiger charge is 2.02. The average molecular weight is 310 g/mol. The summed E-state index contributed by atoms with van der Waals surface area (Å²) in [5, 5.41) is 5.97. The zero-order chi connectivity index (χ0) is 16.5. The van der Waals surface area contributed by atoms with Crippen molar-refractivity contribution in [3.8, 4) is 5.75 Å². The second-order valence-corrected chi connectivity index (χ2v) is 5.41. The lowest BCUT2D eigenvalue weighted by Crippen LogP contribution is -2.27. The molecule has 1 amide bonds. The molecule has 0 unspecified atom stereocenters. The Morgan fingerprint density at radius 3 is 2.43 bits per heavy atom. The van der Waals surface area contributed by atoms with Crippen molar-refractivity contribution < 1.29 is 9.53 Å². The third-order valence-electron chi connectivity index (χ3n) is 3.08. The van der Waals surface area contributed by atoms with Crippen molar-refractivity contribution in [2.45, 2.75) is 13.5 Å². The lowest BCUT2D eigenvalue weighted by Gasteiger charge is -2.09. The van der Waals surface area contributed by atoms with Gasteiger partial charge in [-0.2, -0.15) is 0 Å². The molecule has 0 spiro atoms. The fraction of sp³-hybridized carbons (Fsp3) is 0.211. The van der Waals surface area contributed by atoms with Crippen LogP contribution >= 0.6 is 0 Å². The van der Waals surface area contributed by atoms with Crippen LogP contribution < -0.4 is 15.4 Å². The number of nitrogens with one attached hydrogen (secondary N) is 2. The number of benzene rings is 2. The van der Waals surface area contributed by atoms with E-state index in [9.17, 15) is 4.79 Å². The summed E-state index contributed by atoms with van der Waals surface area (Å²) < 4.78 is 5.52. The molecular weight excluding hydrogens is 288 g/mol. The minimum atomic E-state index is -0.0727. The molecule has 2 rings (SSSR count). The summed E-state index contributed by atoms with van der Waals surface area (Å²) in [6, 6.07) is 17.3. The van der Waals surface area contributed by atoms with Crippen LogP contribution in [0.1, 0.15) is 12.5 Å². The topological polar surface area (TPSA) is 50.4 Å². The number of ether oxygens (including phenoxy) is 1. The molecule has 2 aromatic carbocycles. The van der Waals surface area contributed by atoms with Gasteiger partial charge in [-0.3, -0.25) is 4.79 Å². The van der Waals surface area contributed by atoms with Gasteiger partial charge in [0.15, 0.2) is 0 Å². The molecule has 2 N–H and O–H groups in total. The molecule has 2 aromatic rings. The van der Waals surface area contributed by atoms with Gasteiger partial charge in [-0.1, -0.05) is 36.9 Å². The van der Waals surface area contributed by atoms with E-state index in [0.29, 0.717) is 13.2 Å². The highest BCUT2D eigenvalue weighted by atomic mass is 16.5. The Balaban J connectivity index is 1.73. The number of amides is 1. The highest BCUT2D eigenvalue weighted by molar-refractivity contribution is 5.92. The molecule has 4 heteroatoms. The minimum Gasteiger partial charge on any atom is -0.489 e. The Labute approximate surface area is 137 Å². The molecule has 0 saturated heterocycles. The number of anilines is 1. The van der Waals surface area contributed by atoms with E-state index in [1.807, 2.05) is 61.5 Å². The van der Waals surface area contributed by atoms with Crippen molar-refractivity contribution in [2.24, 2.45) is 0 Å².